The molecular weight excluding hydrogens is 346 g/mol. The summed E-state index contributed by atoms with van der Waals surface area (Å²) in [4.78, 5) is 12.4. The average molecular weight is 369 g/mol. The van der Waals surface area contributed by atoms with E-state index in [4.69, 9.17) is 38.2 Å². The Morgan fingerprint density at radius 2 is 1.37 bits per heavy atom. The Labute approximate surface area is 160 Å². The summed E-state index contributed by atoms with van der Waals surface area (Å²) in [6, 6.07) is 8.98. The zero-order valence-corrected chi connectivity index (χ0v) is 15.1. The molecule has 6 heteroatoms. The second kappa shape index (κ2) is 13.3. The van der Waals surface area contributed by atoms with Crippen molar-refractivity contribution in [2.24, 2.45) is 0 Å². The van der Waals surface area contributed by atoms with Gasteiger partial charge in [-0.05, 0) is 12.1 Å². The molecule has 1 rings (SSSR count). The lowest BCUT2D eigenvalue weighted by atomic mass is 10.0. The standard InChI is InChI=1S/C21H23NO5/c1-4-12-24-16-21(17-25-13-5-2,18-26-14-6-3)22-20(23)15-27-19-10-8-7-9-11-19/h1-3,7-11H,12-18H2,(H,22,23). The minimum Gasteiger partial charge on any atom is -0.484 e. The Morgan fingerprint density at radius 3 is 1.81 bits per heavy atom. The third-order valence-corrected chi connectivity index (χ3v) is 3.21. The van der Waals surface area contributed by atoms with Crippen LogP contribution in [0.1, 0.15) is 0 Å². The number of carbonyl (C=O) groups is 1. The summed E-state index contributed by atoms with van der Waals surface area (Å²) < 4.78 is 21.7. The van der Waals surface area contributed by atoms with Crippen LogP contribution < -0.4 is 10.1 Å². The van der Waals surface area contributed by atoms with Gasteiger partial charge in [0.25, 0.3) is 5.91 Å². The Bertz CT molecular complexity index is 631. The van der Waals surface area contributed by atoms with E-state index in [1.54, 1.807) is 12.1 Å². The molecule has 0 saturated carbocycles. The quantitative estimate of drug-likeness (QED) is 0.413. The number of terminal acetylenes is 3. The van der Waals surface area contributed by atoms with Crippen LogP contribution in [0, 0.1) is 37.0 Å². The van der Waals surface area contributed by atoms with Gasteiger partial charge in [0.15, 0.2) is 6.61 Å². The van der Waals surface area contributed by atoms with E-state index in [-0.39, 0.29) is 52.2 Å². The number of para-hydroxylation sites is 1. The Balaban J connectivity index is 2.77. The molecule has 0 aliphatic rings. The van der Waals surface area contributed by atoms with Crippen LogP contribution in [-0.2, 0) is 19.0 Å². The van der Waals surface area contributed by atoms with E-state index in [0.29, 0.717) is 5.75 Å². The number of ether oxygens (including phenoxy) is 4. The van der Waals surface area contributed by atoms with Crippen LogP contribution in [0.15, 0.2) is 30.3 Å². The van der Waals surface area contributed by atoms with Crippen LogP contribution in [0.5, 0.6) is 5.75 Å². The third-order valence-electron chi connectivity index (χ3n) is 3.21. The van der Waals surface area contributed by atoms with Crippen molar-refractivity contribution in [3.8, 4) is 42.8 Å². The van der Waals surface area contributed by atoms with Gasteiger partial charge in [0.1, 0.15) is 31.1 Å². The van der Waals surface area contributed by atoms with Gasteiger partial charge in [0, 0.05) is 0 Å². The third kappa shape index (κ3) is 9.35. The molecule has 0 atom stereocenters. The maximum absolute atomic E-state index is 12.4. The van der Waals surface area contributed by atoms with Crippen LogP contribution in [0.3, 0.4) is 0 Å². The fraction of sp³-hybridized carbons (Fsp3) is 0.381. The first-order valence-corrected chi connectivity index (χ1v) is 8.18. The minimum absolute atomic E-state index is 0.0589. The summed E-state index contributed by atoms with van der Waals surface area (Å²) in [6.45, 7) is 0.203. The van der Waals surface area contributed by atoms with Gasteiger partial charge < -0.3 is 24.3 Å². The highest BCUT2D eigenvalue weighted by Gasteiger charge is 2.33. The first-order chi connectivity index (χ1) is 13.2. The smallest absolute Gasteiger partial charge is 0.258 e. The van der Waals surface area contributed by atoms with E-state index in [0.717, 1.165) is 0 Å². The van der Waals surface area contributed by atoms with Crippen molar-refractivity contribution in [1.29, 1.82) is 0 Å². The first kappa shape index (κ1) is 22.1. The predicted molar refractivity (Wildman–Crippen MR) is 102 cm³/mol. The molecule has 0 aliphatic carbocycles. The van der Waals surface area contributed by atoms with Crippen LogP contribution in [0.2, 0.25) is 0 Å². The normalized spacial score (nSPS) is 10.3. The van der Waals surface area contributed by atoms with Crippen molar-refractivity contribution in [1.82, 2.24) is 5.32 Å². The topological polar surface area (TPSA) is 66.0 Å². The average Bonchev–Trinajstić information content (AvgIpc) is 2.68. The predicted octanol–water partition coefficient (Wildman–Crippen LogP) is 0.870. The SMILES string of the molecule is C#CCOCC(COCC#C)(COCC#C)NC(=O)COc1ccccc1. The maximum Gasteiger partial charge on any atom is 0.258 e. The van der Waals surface area contributed by atoms with Gasteiger partial charge in [-0.3, -0.25) is 4.79 Å². The van der Waals surface area contributed by atoms with Gasteiger partial charge in [-0.15, -0.1) is 19.3 Å². The molecule has 1 amide bonds. The number of nitrogens with one attached hydrogen (secondary N) is 1. The summed E-state index contributed by atoms with van der Waals surface area (Å²) >= 11 is 0. The summed E-state index contributed by atoms with van der Waals surface area (Å²) in [5, 5.41) is 2.83. The minimum atomic E-state index is -1.01. The lowest BCUT2D eigenvalue weighted by molar-refractivity contribution is -0.129. The molecule has 0 unspecified atom stereocenters. The fourth-order valence-corrected chi connectivity index (χ4v) is 2.15. The molecule has 27 heavy (non-hydrogen) atoms. The number of benzene rings is 1. The van der Waals surface area contributed by atoms with E-state index in [9.17, 15) is 4.79 Å². The molecule has 0 aliphatic heterocycles. The summed E-state index contributed by atoms with van der Waals surface area (Å²) in [5.74, 6) is 7.31. The molecule has 1 N–H and O–H groups in total. The zero-order valence-electron chi connectivity index (χ0n) is 15.1. The molecule has 6 nitrogen and oxygen atoms in total. The maximum atomic E-state index is 12.4. The molecule has 0 bridgehead atoms. The van der Waals surface area contributed by atoms with Crippen LogP contribution in [0.25, 0.3) is 0 Å². The van der Waals surface area contributed by atoms with Crippen LogP contribution >= 0.6 is 0 Å². The number of hydrogen-bond donors (Lipinski definition) is 1. The number of amides is 1. The number of rotatable bonds is 13. The highest BCUT2D eigenvalue weighted by atomic mass is 16.5. The van der Waals surface area contributed by atoms with E-state index in [1.807, 2.05) is 18.2 Å². The van der Waals surface area contributed by atoms with Gasteiger partial charge in [-0.1, -0.05) is 36.0 Å². The zero-order chi connectivity index (χ0) is 19.8. The lowest BCUT2D eigenvalue weighted by Crippen LogP contribution is -2.59. The van der Waals surface area contributed by atoms with E-state index in [1.165, 1.54) is 0 Å². The van der Waals surface area contributed by atoms with Crippen molar-refractivity contribution in [2.75, 3.05) is 46.2 Å². The molecule has 0 saturated heterocycles. The van der Waals surface area contributed by atoms with E-state index in [2.05, 4.69) is 23.1 Å². The van der Waals surface area contributed by atoms with Crippen LogP contribution in [0.4, 0.5) is 0 Å². The second-order valence-corrected chi connectivity index (χ2v) is 5.52. The lowest BCUT2D eigenvalue weighted by Gasteiger charge is -2.33. The summed E-state index contributed by atoms with van der Waals surface area (Å²) in [7, 11) is 0. The molecule has 1 aromatic rings. The van der Waals surface area contributed by atoms with Crippen molar-refractivity contribution >= 4 is 5.91 Å². The van der Waals surface area contributed by atoms with Crippen molar-refractivity contribution in [3.05, 3.63) is 30.3 Å². The Hall–Kier alpha value is -2.95. The van der Waals surface area contributed by atoms with Gasteiger partial charge in [-0.25, -0.2) is 0 Å². The van der Waals surface area contributed by atoms with Crippen LogP contribution in [-0.4, -0.2) is 57.7 Å². The highest BCUT2D eigenvalue weighted by molar-refractivity contribution is 5.78. The van der Waals surface area contributed by atoms with Gasteiger partial charge in [-0.2, -0.15) is 0 Å². The highest BCUT2D eigenvalue weighted by Crippen LogP contribution is 2.11. The molecule has 0 aromatic heterocycles. The number of hydrogen-bond acceptors (Lipinski definition) is 5. The summed E-state index contributed by atoms with van der Waals surface area (Å²) in [5.41, 5.74) is -1.01. The van der Waals surface area contributed by atoms with Crippen molar-refractivity contribution < 1.29 is 23.7 Å². The van der Waals surface area contributed by atoms with E-state index >= 15 is 0 Å². The molecule has 0 heterocycles. The monoisotopic (exact) mass is 369 g/mol. The van der Waals surface area contributed by atoms with Crippen molar-refractivity contribution in [3.63, 3.8) is 0 Å². The Kier molecular flexibility index (Phi) is 10.9. The second-order valence-electron chi connectivity index (χ2n) is 5.52. The van der Waals surface area contributed by atoms with Gasteiger partial charge in [0.05, 0.1) is 19.8 Å². The fourth-order valence-electron chi connectivity index (χ4n) is 2.15. The molecule has 1 aromatic carbocycles. The number of carbonyl (C=O) groups excluding carboxylic acids is 1. The van der Waals surface area contributed by atoms with E-state index < -0.39 is 5.54 Å². The first-order valence-electron chi connectivity index (χ1n) is 8.18. The van der Waals surface area contributed by atoms with Gasteiger partial charge in [0.2, 0.25) is 0 Å². The molecule has 0 fully saturated rings. The molecule has 142 valence electrons. The van der Waals surface area contributed by atoms with Gasteiger partial charge >= 0.3 is 0 Å². The van der Waals surface area contributed by atoms with Crippen molar-refractivity contribution in [2.45, 2.75) is 5.54 Å². The molecular formula is C21H23NO5. The Morgan fingerprint density at radius 1 is 0.889 bits per heavy atom. The molecule has 0 spiro atoms. The summed E-state index contributed by atoms with van der Waals surface area (Å²) in [6.07, 6.45) is 15.6. The molecule has 0 radical (unpaired) electrons. The largest absolute Gasteiger partial charge is 0.484 e.